The molecule has 6 N–H and O–H groups in total. The van der Waals surface area contributed by atoms with Gasteiger partial charge >= 0.3 is 0 Å². The van der Waals surface area contributed by atoms with E-state index >= 15 is 0 Å². The first kappa shape index (κ1) is 12.2. The average Bonchev–Trinajstić information content (AvgIpc) is 1.98. The Bertz CT molecular complexity index is 178. The van der Waals surface area contributed by atoms with Gasteiger partial charge in [-0.25, -0.2) is 10.8 Å². The molecule has 0 aromatic carbocycles. The zero-order valence-corrected chi connectivity index (χ0v) is 8.41. The average molecular weight is 189 g/mol. The number of nitrogens with one attached hydrogen (secondary N) is 1. The molecule has 0 spiro atoms. The molecule has 0 aliphatic heterocycles. The second kappa shape index (κ2) is 5.00. The standard InChI is InChI=1S/C7H19N5O/c1-7(13,5-12(2)3)4-10-6(8)11-9/h13H,4-5,9H2,1-3H3,(H3,8,10,11). The monoisotopic (exact) mass is 189 g/mol. The Balaban J connectivity index is 4.02. The molecule has 0 bridgehead atoms. The van der Waals surface area contributed by atoms with E-state index in [0.717, 1.165) is 0 Å². The van der Waals surface area contributed by atoms with Crippen LogP contribution in [0.25, 0.3) is 0 Å². The minimum Gasteiger partial charge on any atom is -0.387 e. The summed E-state index contributed by atoms with van der Waals surface area (Å²) in [4.78, 5) is 5.73. The predicted molar refractivity (Wildman–Crippen MR) is 53.0 cm³/mol. The number of aliphatic hydroxyl groups is 1. The first-order valence-corrected chi connectivity index (χ1v) is 4.01. The molecule has 6 nitrogen and oxygen atoms in total. The molecule has 0 aromatic heterocycles. The van der Waals surface area contributed by atoms with Crippen molar-refractivity contribution >= 4 is 5.96 Å². The molecule has 0 saturated carbocycles. The van der Waals surface area contributed by atoms with Gasteiger partial charge in [0.25, 0.3) is 0 Å². The van der Waals surface area contributed by atoms with Gasteiger partial charge in [-0.3, -0.25) is 5.43 Å². The van der Waals surface area contributed by atoms with Crippen LogP contribution in [-0.4, -0.2) is 48.8 Å². The highest BCUT2D eigenvalue weighted by Gasteiger charge is 2.20. The van der Waals surface area contributed by atoms with Crippen molar-refractivity contribution in [3.05, 3.63) is 0 Å². The Morgan fingerprint density at radius 3 is 2.54 bits per heavy atom. The Labute approximate surface area is 78.6 Å². The topological polar surface area (TPSA) is 99.9 Å². The van der Waals surface area contributed by atoms with E-state index in [0.29, 0.717) is 6.54 Å². The number of aliphatic imine (C=N–C) groups is 1. The molecule has 0 fully saturated rings. The molecule has 0 aliphatic carbocycles. The van der Waals surface area contributed by atoms with E-state index in [-0.39, 0.29) is 12.5 Å². The lowest BCUT2D eigenvalue weighted by molar-refractivity contribution is 0.0424. The zero-order chi connectivity index (χ0) is 10.5. The minimum atomic E-state index is -0.884. The second-order valence-corrected chi connectivity index (χ2v) is 3.58. The Morgan fingerprint density at radius 2 is 2.15 bits per heavy atom. The molecule has 0 rings (SSSR count). The molecule has 1 atom stereocenters. The SMILES string of the molecule is CN(C)CC(C)(O)CN=C(N)NN. The van der Waals surface area contributed by atoms with Gasteiger partial charge < -0.3 is 15.7 Å². The van der Waals surface area contributed by atoms with Gasteiger partial charge in [-0.15, -0.1) is 0 Å². The number of rotatable bonds is 4. The number of hydrogen-bond acceptors (Lipinski definition) is 4. The maximum absolute atomic E-state index is 9.76. The fourth-order valence-corrected chi connectivity index (χ4v) is 1.03. The zero-order valence-electron chi connectivity index (χ0n) is 8.41. The van der Waals surface area contributed by atoms with E-state index < -0.39 is 5.60 Å². The first-order valence-electron chi connectivity index (χ1n) is 4.01. The Morgan fingerprint density at radius 1 is 1.62 bits per heavy atom. The van der Waals surface area contributed by atoms with Crippen LogP contribution in [0.2, 0.25) is 0 Å². The van der Waals surface area contributed by atoms with E-state index in [2.05, 4.69) is 10.4 Å². The summed E-state index contributed by atoms with van der Waals surface area (Å²) in [6.07, 6.45) is 0. The lowest BCUT2D eigenvalue weighted by Crippen LogP contribution is -2.42. The van der Waals surface area contributed by atoms with E-state index in [4.69, 9.17) is 11.6 Å². The number of nitrogens with zero attached hydrogens (tertiary/aromatic N) is 2. The molecule has 0 heterocycles. The lowest BCUT2D eigenvalue weighted by atomic mass is 10.1. The van der Waals surface area contributed by atoms with Gasteiger partial charge in [0, 0.05) is 6.54 Å². The maximum atomic E-state index is 9.76. The molecular formula is C7H19N5O. The fraction of sp³-hybridized carbons (Fsp3) is 0.857. The summed E-state index contributed by atoms with van der Waals surface area (Å²) in [5, 5.41) is 9.76. The summed E-state index contributed by atoms with van der Waals surface area (Å²) in [5.74, 6) is 5.13. The van der Waals surface area contributed by atoms with Gasteiger partial charge in [0.05, 0.1) is 12.1 Å². The highest BCUT2D eigenvalue weighted by Crippen LogP contribution is 2.04. The van der Waals surface area contributed by atoms with Gasteiger partial charge in [-0.2, -0.15) is 0 Å². The number of nitrogens with two attached hydrogens (primary N) is 2. The molecule has 0 aromatic rings. The normalized spacial score (nSPS) is 17.2. The highest BCUT2D eigenvalue weighted by atomic mass is 16.3. The van der Waals surface area contributed by atoms with Crippen LogP contribution in [0.4, 0.5) is 0 Å². The van der Waals surface area contributed by atoms with Gasteiger partial charge in [0.2, 0.25) is 5.96 Å². The number of hydrogen-bond donors (Lipinski definition) is 4. The molecule has 1 unspecified atom stereocenters. The predicted octanol–water partition coefficient (Wildman–Crippen LogP) is -1.92. The molecule has 6 heteroatoms. The van der Waals surface area contributed by atoms with E-state index in [9.17, 15) is 5.11 Å². The highest BCUT2D eigenvalue weighted by molar-refractivity contribution is 5.77. The van der Waals surface area contributed by atoms with Crippen molar-refractivity contribution in [3.63, 3.8) is 0 Å². The van der Waals surface area contributed by atoms with Crippen LogP contribution in [0, 0.1) is 0 Å². The molecule has 13 heavy (non-hydrogen) atoms. The van der Waals surface area contributed by atoms with Crippen molar-refractivity contribution in [1.29, 1.82) is 0 Å². The van der Waals surface area contributed by atoms with Crippen molar-refractivity contribution in [3.8, 4) is 0 Å². The van der Waals surface area contributed by atoms with Crippen molar-refractivity contribution in [1.82, 2.24) is 10.3 Å². The molecule has 0 radical (unpaired) electrons. The second-order valence-electron chi connectivity index (χ2n) is 3.58. The van der Waals surface area contributed by atoms with Crippen LogP contribution in [0.1, 0.15) is 6.92 Å². The van der Waals surface area contributed by atoms with Crippen LogP contribution in [0.15, 0.2) is 4.99 Å². The van der Waals surface area contributed by atoms with Crippen molar-refractivity contribution in [2.75, 3.05) is 27.2 Å². The molecular weight excluding hydrogens is 170 g/mol. The van der Waals surface area contributed by atoms with Crippen LogP contribution in [0.5, 0.6) is 0 Å². The van der Waals surface area contributed by atoms with Gasteiger partial charge in [-0.05, 0) is 21.0 Å². The third-order valence-electron chi connectivity index (χ3n) is 1.39. The maximum Gasteiger partial charge on any atom is 0.203 e. The number of likely N-dealkylation sites (N-methyl/N-ethyl adjacent to an activating group) is 1. The van der Waals surface area contributed by atoms with E-state index in [1.54, 1.807) is 6.92 Å². The summed E-state index contributed by atoms with van der Waals surface area (Å²) < 4.78 is 0. The smallest absolute Gasteiger partial charge is 0.203 e. The largest absolute Gasteiger partial charge is 0.387 e. The van der Waals surface area contributed by atoms with Crippen LogP contribution >= 0.6 is 0 Å². The first-order chi connectivity index (χ1) is 5.87. The minimum absolute atomic E-state index is 0.124. The van der Waals surface area contributed by atoms with Crippen molar-refractivity contribution in [2.45, 2.75) is 12.5 Å². The Kier molecular flexibility index (Phi) is 4.68. The Hall–Kier alpha value is -0.850. The van der Waals surface area contributed by atoms with E-state index in [1.807, 2.05) is 19.0 Å². The molecule has 0 aliphatic rings. The molecule has 78 valence electrons. The third kappa shape index (κ3) is 6.32. The fourth-order valence-electron chi connectivity index (χ4n) is 1.03. The lowest BCUT2D eigenvalue weighted by Gasteiger charge is -2.25. The van der Waals surface area contributed by atoms with Gasteiger partial charge in [-0.1, -0.05) is 0 Å². The van der Waals surface area contributed by atoms with Crippen LogP contribution in [-0.2, 0) is 0 Å². The van der Waals surface area contributed by atoms with Crippen LogP contribution in [0.3, 0.4) is 0 Å². The van der Waals surface area contributed by atoms with Crippen molar-refractivity contribution < 1.29 is 5.11 Å². The summed E-state index contributed by atoms with van der Waals surface area (Å²) in [6.45, 7) is 2.44. The van der Waals surface area contributed by atoms with E-state index in [1.165, 1.54) is 0 Å². The summed E-state index contributed by atoms with van der Waals surface area (Å²) in [6, 6.07) is 0. The van der Waals surface area contributed by atoms with Gasteiger partial charge in [0.15, 0.2) is 0 Å². The number of guanidine groups is 1. The molecule has 0 amide bonds. The van der Waals surface area contributed by atoms with Gasteiger partial charge in [0.1, 0.15) is 0 Å². The quantitative estimate of drug-likeness (QED) is 0.179. The summed E-state index contributed by atoms with van der Waals surface area (Å²) in [7, 11) is 3.76. The van der Waals surface area contributed by atoms with Crippen LogP contribution < -0.4 is 17.0 Å². The van der Waals surface area contributed by atoms with Crippen molar-refractivity contribution in [2.24, 2.45) is 16.6 Å². The summed E-state index contributed by atoms with van der Waals surface area (Å²) >= 11 is 0. The molecule has 0 saturated heterocycles. The summed E-state index contributed by atoms with van der Waals surface area (Å²) in [5.41, 5.74) is 6.61. The third-order valence-corrected chi connectivity index (χ3v) is 1.39. The number of hydrazine groups is 1.